The van der Waals surface area contributed by atoms with Gasteiger partial charge >= 0.3 is 0 Å². The molecule has 0 spiro atoms. The fraction of sp³-hybridized carbons (Fsp3) is 0.462. The molecule has 0 aliphatic carbocycles. The molecule has 184 valence electrons. The molecule has 0 N–H and O–H groups in total. The molecule has 4 heterocycles. The lowest BCUT2D eigenvalue weighted by Crippen LogP contribution is -2.54. The van der Waals surface area contributed by atoms with Gasteiger partial charge in [0.15, 0.2) is 5.13 Å². The van der Waals surface area contributed by atoms with E-state index in [-0.39, 0.29) is 30.7 Å². The van der Waals surface area contributed by atoms with Crippen molar-refractivity contribution in [3.63, 3.8) is 0 Å². The van der Waals surface area contributed by atoms with E-state index in [0.29, 0.717) is 26.2 Å². The predicted octanol–water partition coefficient (Wildman–Crippen LogP) is 3.17. The van der Waals surface area contributed by atoms with Gasteiger partial charge in [-0.1, -0.05) is 23.5 Å². The van der Waals surface area contributed by atoms with Crippen LogP contribution in [-0.4, -0.2) is 83.4 Å². The van der Waals surface area contributed by atoms with Crippen molar-refractivity contribution in [2.45, 2.75) is 32.7 Å². The van der Waals surface area contributed by atoms with Crippen molar-refractivity contribution in [3.8, 4) is 0 Å². The first kappa shape index (κ1) is 23.5. The third-order valence-electron chi connectivity index (χ3n) is 6.92. The number of hydrogen-bond acceptors (Lipinski definition) is 7. The summed E-state index contributed by atoms with van der Waals surface area (Å²) in [5.74, 6) is 0.144. The minimum Gasteiger partial charge on any atom is -0.365 e. The van der Waals surface area contributed by atoms with E-state index < -0.39 is 0 Å². The Morgan fingerprint density at radius 2 is 1.71 bits per heavy atom. The second kappa shape index (κ2) is 10.2. The molecule has 9 heteroatoms. The molecule has 1 aromatic carbocycles. The summed E-state index contributed by atoms with van der Waals surface area (Å²) < 4.78 is 0. The number of thiazole rings is 1. The molecular formula is C26H32N6O2S. The van der Waals surface area contributed by atoms with E-state index in [2.05, 4.69) is 57.9 Å². The van der Waals surface area contributed by atoms with Crippen LogP contribution in [0.4, 0.5) is 10.8 Å². The lowest BCUT2D eigenvalue weighted by Gasteiger charge is -2.41. The Balaban J connectivity index is 1.08. The van der Waals surface area contributed by atoms with E-state index in [1.165, 1.54) is 11.3 Å². The number of nitrogens with zero attached hydrogens (tertiary/aromatic N) is 6. The van der Waals surface area contributed by atoms with Gasteiger partial charge < -0.3 is 19.6 Å². The first-order valence-corrected chi connectivity index (χ1v) is 13.1. The highest BCUT2D eigenvalue weighted by Gasteiger charge is 2.28. The van der Waals surface area contributed by atoms with Crippen LogP contribution in [0, 0.1) is 6.92 Å². The number of hydrogen-bond donors (Lipinski definition) is 0. The van der Waals surface area contributed by atoms with Crippen LogP contribution in [0.3, 0.4) is 0 Å². The summed E-state index contributed by atoms with van der Waals surface area (Å²) in [7, 11) is 0. The third kappa shape index (κ3) is 5.24. The number of carbonyl (C=O) groups is 2. The van der Waals surface area contributed by atoms with Gasteiger partial charge in [0.25, 0.3) is 0 Å². The molecule has 35 heavy (non-hydrogen) atoms. The molecule has 1 atom stereocenters. The van der Waals surface area contributed by atoms with Crippen LogP contribution >= 0.6 is 11.3 Å². The van der Waals surface area contributed by atoms with Gasteiger partial charge in [0.1, 0.15) is 10.3 Å². The quantitative estimate of drug-likeness (QED) is 0.545. The summed E-state index contributed by atoms with van der Waals surface area (Å²) in [5.41, 5.74) is 3.37. The Kier molecular flexibility index (Phi) is 6.86. The largest absolute Gasteiger partial charge is 0.365 e. The molecule has 2 aromatic heterocycles. The maximum absolute atomic E-state index is 12.9. The minimum absolute atomic E-state index is 0.0652. The summed E-state index contributed by atoms with van der Waals surface area (Å²) in [6, 6.07) is 12.6. The average Bonchev–Trinajstić information content (AvgIpc) is 3.31. The lowest BCUT2D eigenvalue weighted by molar-refractivity contribution is -0.137. The molecule has 5 rings (SSSR count). The Hall–Kier alpha value is -3.20. The van der Waals surface area contributed by atoms with Gasteiger partial charge in [-0.25, -0.2) is 9.97 Å². The molecule has 0 bridgehead atoms. The molecule has 2 amide bonds. The van der Waals surface area contributed by atoms with Crippen molar-refractivity contribution >= 4 is 44.3 Å². The molecule has 2 aliphatic heterocycles. The van der Waals surface area contributed by atoms with E-state index in [1.807, 2.05) is 21.9 Å². The average molecular weight is 493 g/mol. The number of aromatic nitrogens is 2. The van der Waals surface area contributed by atoms with Gasteiger partial charge in [-0.05, 0) is 43.7 Å². The number of fused-ring (bicyclic) bond motifs is 1. The van der Waals surface area contributed by atoms with Crippen LogP contribution < -0.4 is 9.80 Å². The first-order chi connectivity index (χ1) is 17.0. The fourth-order valence-electron chi connectivity index (χ4n) is 4.95. The molecule has 2 aliphatic rings. The van der Waals surface area contributed by atoms with Crippen molar-refractivity contribution in [3.05, 3.63) is 48.2 Å². The van der Waals surface area contributed by atoms with E-state index >= 15 is 0 Å². The topological polar surface area (TPSA) is 72.9 Å². The van der Waals surface area contributed by atoms with Crippen molar-refractivity contribution in [2.24, 2.45) is 0 Å². The van der Waals surface area contributed by atoms with Crippen LogP contribution in [0.5, 0.6) is 0 Å². The summed E-state index contributed by atoms with van der Waals surface area (Å²) in [5, 5.41) is 0.958. The Morgan fingerprint density at radius 1 is 0.971 bits per heavy atom. The maximum atomic E-state index is 12.9. The molecule has 3 aromatic rings. The van der Waals surface area contributed by atoms with Crippen molar-refractivity contribution in [2.75, 3.05) is 55.6 Å². The zero-order chi connectivity index (χ0) is 24.4. The summed E-state index contributed by atoms with van der Waals surface area (Å²) in [4.78, 5) is 44.0. The SMILES string of the molecule is Cc1cccc(N2CCN(C(=O)CCC(=O)N3CCN(c4nc5cccnc5s4)CC3)C[C@H]2C)c1. The van der Waals surface area contributed by atoms with E-state index in [4.69, 9.17) is 0 Å². The van der Waals surface area contributed by atoms with Crippen molar-refractivity contribution in [1.82, 2.24) is 19.8 Å². The van der Waals surface area contributed by atoms with Gasteiger partial charge in [-0.3, -0.25) is 9.59 Å². The highest BCUT2D eigenvalue weighted by atomic mass is 32.1. The normalized spacial score (nSPS) is 18.9. The van der Waals surface area contributed by atoms with Crippen LogP contribution in [0.2, 0.25) is 0 Å². The van der Waals surface area contributed by atoms with Gasteiger partial charge in [0.2, 0.25) is 11.8 Å². The van der Waals surface area contributed by atoms with E-state index in [1.54, 1.807) is 17.5 Å². The van der Waals surface area contributed by atoms with Gasteiger partial charge in [-0.2, -0.15) is 0 Å². The molecule has 0 saturated carbocycles. The van der Waals surface area contributed by atoms with E-state index in [0.717, 1.165) is 35.1 Å². The Labute approximate surface area is 210 Å². The molecule has 0 radical (unpaired) electrons. The number of amides is 2. The number of piperazine rings is 2. The van der Waals surface area contributed by atoms with Crippen LogP contribution in [0.15, 0.2) is 42.6 Å². The second-order valence-electron chi connectivity index (χ2n) is 9.41. The monoisotopic (exact) mass is 492 g/mol. The molecule has 2 fully saturated rings. The van der Waals surface area contributed by atoms with Gasteiger partial charge in [-0.15, -0.1) is 0 Å². The van der Waals surface area contributed by atoms with Crippen LogP contribution in [0.25, 0.3) is 10.3 Å². The Morgan fingerprint density at radius 3 is 2.43 bits per heavy atom. The zero-order valence-corrected chi connectivity index (χ0v) is 21.2. The van der Waals surface area contributed by atoms with Crippen molar-refractivity contribution in [1.29, 1.82) is 0 Å². The highest BCUT2D eigenvalue weighted by Crippen LogP contribution is 2.28. The highest BCUT2D eigenvalue weighted by molar-refractivity contribution is 7.21. The van der Waals surface area contributed by atoms with E-state index in [9.17, 15) is 9.59 Å². The third-order valence-corrected chi connectivity index (χ3v) is 7.96. The number of carbonyl (C=O) groups excluding carboxylic acids is 2. The summed E-state index contributed by atoms with van der Waals surface area (Å²) in [6.45, 7) is 9.27. The molecule has 8 nitrogen and oxygen atoms in total. The lowest BCUT2D eigenvalue weighted by atomic mass is 10.1. The number of rotatable bonds is 5. The second-order valence-corrected chi connectivity index (χ2v) is 10.4. The fourth-order valence-corrected chi connectivity index (χ4v) is 5.91. The van der Waals surface area contributed by atoms with Crippen LogP contribution in [0.1, 0.15) is 25.3 Å². The van der Waals surface area contributed by atoms with Crippen LogP contribution in [-0.2, 0) is 9.59 Å². The Bertz CT molecular complexity index is 1170. The van der Waals surface area contributed by atoms with Gasteiger partial charge in [0.05, 0.1) is 0 Å². The molecular weight excluding hydrogens is 460 g/mol. The number of benzene rings is 1. The maximum Gasteiger partial charge on any atom is 0.223 e. The minimum atomic E-state index is 0.0652. The zero-order valence-electron chi connectivity index (χ0n) is 20.4. The number of pyridine rings is 1. The summed E-state index contributed by atoms with van der Waals surface area (Å²) in [6.07, 6.45) is 2.34. The standard InChI is InChI=1S/C26H32N6O2S/c1-19-5-3-6-21(17-19)32-16-15-31(18-20(32)2)24(34)9-8-23(33)29-11-13-30(14-12-29)26-28-22-7-4-10-27-25(22)35-26/h3-7,10,17,20H,8-9,11-16,18H2,1-2H3/t20-/m1/s1. The first-order valence-electron chi connectivity index (χ1n) is 12.3. The number of anilines is 2. The predicted molar refractivity (Wildman–Crippen MR) is 140 cm³/mol. The smallest absolute Gasteiger partial charge is 0.223 e. The van der Waals surface area contributed by atoms with Gasteiger partial charge in [0, 0.05) is 76.6 Å². The molecule has 2 saturated heterocycles. The van der Waals surface area contributed by atoms with Crippen molar-refractivity contribution < 1.29 is 9.59 Å². The molecule has 0 unspecified atom stereocenters. The number of aryl methyl sites for hydroxylation is 1. The summed E-state index contributed by atoms with van der Waals surface area (Å²) >= 11 is 1.59.